The van der Waals surface area contributed by atoms with Crippen LogP contribution in [0.3, 0.4) is 0 Å². The molecule has 3 aromatic carbocycles. The lowest BCUT2D eigenvalue weighted by Gasteiger charge is -2.22. The number of hydrazone groups is 1. The molecule has 13 heteroatoms. The summed E-state index contributed by atoms with van der Waals surface area (Å²) in [6.45, 7) is 2.51. The smallest absolute Gasteiger partial charge is 0.255 e. The highest BCUT2D eigenvalue weighted by atomic mass is 32.2. The average molecular weight is 671 g/mol. The van der Waals surface area contributed by atoms with Gasteiger partial charge in [0.1, 0.15) is 17.3 Å². The molecular weight excluding hydrogens is 640 g/mol. The highest BCUT2D eigenvalue weighted by Crippen LogP contribution is 2.35. The van der Waals surface area contributed by atoms with E-state index in [2.05, 4.69) is 15.5 Å². The van der Waals surface area contributed by atoms with E-state index in [1.165, 1.54) is 36.0 Å². The zero-order valence-electron chi connectivity index (χ0n) is 25.6. The lowest BCUT2D eigenvalue weighted by Crippen LogP contribution is -2.28. The fraction of sp³-hybridized carbons (Fsp3) is 0.206. The van der Waals surface area contributed by atoms with Crippen LogP contribution in [0.5, 0.6) is 11.5 Å². The van der Waals surface area contributed by atoms with Gasteiger partial charge in [0.05, 0.1) is 48.2 Å². The van der Waals surface area contributed by atoms with E-state index in [9.17, 15) is 14.0 Å². The van der Waals surface area contributed by atoms with Gasteiger partial charge in [-0.05, 0) is 72.5 Å². The molecule has 1 N–H and O–H groups in total. The van der Waals surface area contributed by atoms with Crippen molar-refractivity contribution in [2.24, 2.45) is 5.10 Å². The molecule has 0 saturated carbocycles. The number of amides is 2. The minimum atomic E-state index is -0.370. The van der Waals surface area contributed by atoms with Crippen LogP contribution in [0.2, 0.25) is 0 Å². The van der Waals surface area contributed by atoms with Crippen LogP contribution in [0, 0.1) is 5.82 Å². The molecule has 3 heterocycles. The van der Waals surface area contributed by atoms with Gasteiger partial charge >= 0.3 is 0 Å². The number of benzene rings is 3. The molecule has 0 radical (unpaired) electrons. The molecule has 6 rings (SSSR count). The number of ether oxygens (including phenoxy) is 2. The number of nitrogens with zero attached hydrogens (tertiary/aromatic N) is 5. The largest absolute Gasteiger partial charge is 0.496 e. The molecular formula is C34H31FN6O4S2. The number of carbonyl (C=O) groups is 2. The third kappa shape index (κ3) is 7.21. The normalized spacial score (nSPS) is 14.1. The van der Waals surface area contributed by atoms with Crippen molar-refractivity contribution in [3.8, 4) is 17.2 Å². The number of hydrogen-bond acceptors (Lipinski definition) is 9. The number of para-hydroxylation sites is 1. The van der Waals surface area contributed by atoms with E-state index in [-0.39, 0.29) is 36.0 Å². The Morgan fingerprint density at radius 1 is 1.02 bits per heavy atom. The maximum absolute atomic E-state index is 13.8. The molecule has 10 nitrogen and oxygen atoms in total. The van der Waals surface area contributed by atoms with Crippen molar-refractivity contribution in [3.05, 3.63) is 118 Å². The lowest BCUT2D eigenvalue weighted by molar-refractivity contribution is -0.130. The van der Waals surface area contributed by atoms with E-state index in [0.29, 0.717) is 41.1 Å². The van der Waals surface area contributed by atoms with Crippen molar-refractivity contribution in [1.29, 1.82) is 0 Å². The van der Waals surface area contributed by atoms with E-state index in [0.717, 1.165) is 21.8 Å². The second-order valence-electron chi connectivity index (χ2n) is 10.4. The Kier molecular flexibility index (Phi) is 9.93. The van der Waals surface area contributed by atoms with Crippen molar-refractivity contribution >= 4 is 40.6 Å². The standard InChI is InChI=1S/C34H31FN6O4S2/c1-3-45-25-16-14-24(15-17-25)40-31(20-36-33(43)26-7-4-5-8-29(26)44-2)37-38-34(40)47-21-32(42)41-28(22-10-12-23(35)13-11-22)19-27(39-41)30-9-6-18-46-30/h4-18,28H,3,19-21H2,1-2H3,(H,36,43)/t28-/m0/s1. The molecule has 1 aliphatic rings. The summed E-state index contributed by atoms with van der Waals surface area (Å²) >= 11 is 2.77. The number of halogens is 1. The first-order valence-corrected chi connectivity index (χ1v) is 16.7. The Balaban J connectivity index is 1.25. The van der Waals surface area contributed by atoms with Gasteiger partial charge in [-0.3, -0.25) is 14.2 Å². The first kappa shape index (κ1) is 32.0. The SMILES string of the molecule is CCOc1ccc(-n2c(CNC(=O)c3ccccc3OC)nnc2SCC(=O)N2N=C(c3cccs3)C[C@H]2c2ccc(F)cc2)cc1. The fourth-order valence-electron chi connectivity index (χ4n) is 5.18. The van der Waals surface area contributed by atoms with Crippen LogP contribution in [0.4, 0.5) is 4.39 Å². The highest BCUT2D eigenvalue weighted by molar-refractivity contribution is 7.99. The van der Waals surface area contributed by atoms with Crippen molar-refractivity contribution in [3.63, 3.8) is 0 Å². The Morgan fingerprint density at radius 2 is 1.81 bits per heavy atom. The predicted molar refractivity (Wildman–Crippen MR) is 179 cm³/mol. The number of carbonyl (C=O) groups excluding carboxylic acids is 2. The number of hydrogen-bond donors (Lipinski definition) is 1. The minimum absolute atomic E-state index is 0.0155. The minimum Gasteiger partial charge on any atom is -0.496 e. The van der Waals surface area contributed by atoms with Crippen LogP contribution in [0.25, 0.3) is 5.69 Å². The molecule has 0 saturated heterocycles. The number of thiophene rings is 1. The molecule has 1 aliphatic heterocycles. The van der Waals surface area contributed by atoms with Gasteiger partial charge in [0.25, 0.3) is 11.8 Å². The first-order chi connectivity index (χ1) is 22.9. The summed E-state index contributed by atoms with van der Waals surface area (Å²) in [6.07, 6.45) is 0.515. The summed E-state index contributed by atoms with van der Waals surface area (Å²) in [7, 11) is 1.51. The third-order valence-corrected chi connectivity index (χ3v) is 9.25. The first-order valence-electron chi connectivity index (χ1n) is 14.9. The monoisotopic (exact) mass is 670 g/mol. The van der Waals surface area contributed by atoms with Crippen molar-refractivity contribution in [1.82, 2.24) is 25.1 Å². The molecule has 0 bridgehead atoms. The molecule has 2 amide bonds. The molecule has 47 heavy (non-hydrogen) atoms. The number of thioether (sulfide) groups is 1. The van der Waals surface area contributed by atoms with Gasteiger partial charge in [-0.2, -0.15) is 5.10 Å². The topological polar surface area (TPSA) is 111 Å². The van der Waals surface area contributed by atoms with Crippen molar-refractivity contribution < 1.29 is 23.5 Å². The Labute approximate surface area is 279 Å². The maximum Gasteiger partial charge on any atom is 0.255 e. The molecule has 0 aliphatic carbocycles. The van der Waals surface area contributed by atoms with Crippen LogP contribution in [0.15, 0.2) is 101 Å². The van der Waals surface area contributed by atoms with Gasteiger partial charge in [0.15, 0.2) is 11.0 Å². The van der Waals surface area contributed by atoms with Crippen LogP contribution in [0.1, 0.15) is 46.0 Å². The number of methoxy groups -OCH3 is 1. The number of nitrogens with one attached hydrogen (secondary N) is 1. The second kappa shape index (κ2) is 14.6. The van der Waals surface area contributed by atoms with E-state index < -0.39 is 0 Å². The summed E-state index contributed by atoms with van der Waals surface area (Å²) < 4.78 is 26.5. The van der Waals surface area contributed by atoms with Gasteiger partial charge < -0.3 is 14.8 Å². The van der Waals surface area contributed by atoms with Crippen LogP contribution >= 0.6 is 23.1 Å². The van der Waals surface area contributed by atoms with Crippen LogP contribution in [-0.2, 0) is 11.3 Å². The Morgan fingerprint density at radius 3 is 2.53 bits per heavy atom. The average Bonchev–Trinajstić information content (AvgIpc) is 3.87. The van der Waals surface area contributed by atoms with Crippen LogP contribution in [-0.4, -0.2) is 56.8 Å². The molecule has 0 unspecified atom stereocenters. The van der Waals surface area contributed by atoms with Gasteiger partial charge in [-0.1, -0.05) is 42.1 Å². The highest BCUT2D eigenvalue weighted by Gasteiger charge is 2.34. The Bertz CT molecular complexity index is 1880. The zero-order valence-corrected chi connectivity index (χ0v) is 27.3. The Hall–Kier alpha value is -5.01. The number of rotatable bonds is 12. The van der Waals surface area contributed by atoms with Crippen LogP contribution < -0.4 is 14.8 Å². The molecule has 5 aromatic rings. The van der Waals surface area contributed by atoms with Crippen molar-refractivity contribution in [2.45, 2.75) is 31.1 Å². The molecule has 240 valence electrons. The summed E-state index contributed by atoms with van der Waals surface area (Å²) in [5.41, 5.74) is 2.73. The number of aromatic nitrogens is 3. The van der Waals surface area contributed by atoms with Crippen molar-refractivity contribution in [2.75, 3.05) is 19.5 Å². The molecule has 0 spiro atoms. The lowest BCUT2D eigenvalue weighted by atomic mass is 10.0. The summed E-state index contributed by atoms with van der Waals surface area (Å²) in [4.78, 5) is 27.8. The summed E-state index contributed by atoms with van der Waals surface area (Å²) in [5, 5.41) is 20.3. The fourth-order valence-corrected chi connectivity index (χ4v) is 6.73. The van der Waals surface area contributed by atoms with Gasteiger partial charge in [-0.25, -0.2) is 9.40 Å². The van der Waals surface area contributed by atoms with E-state index in [1.54, 1.807) is 52.3 Å². The van der Waals surface area contributed by atoms with Gasteiger partial charge in [-0.15, -0.1) is 21.5 Å². The molecule has 2 aromatic heterocycles. The molecule has 0 fully saturated rings. The van der Waals surface area contributed by atoms with E-state index in [4.69, 9.17) is 14.6 Å². The maximum atomic E-state index is 13.8. The van der Waals surface area contributed by atoms with E-state index >= 15 is 0 Å². The summed E-state index contributed by atoms with van der Waals surface area (Å²) in [5.74, 6) is 0.746. The molecule has 1 atom stereocenters. The van der Waals surface area contributed by atoms with Gasteiger partial charge in [0.2, 0.25) is 0 Å². The predicted octanol–water partition coefficient (Wildman–Crippen LogP) is 6.28. The van der Waals surface area contributed by atoms with Gasteiger partial charge in [0, 0.05) is 12.1 Å². The summed E-state index contributed by atoms with van der Waals surface area (Å²) in [6, 6.07) is 24.1. The quantitative estimate of drug-likeness (QED) is 0.156. The van der Waals surface area contributed by atoms with E-state index in [1.807, 2.05) is 48.7 Å². The zero-order chi connectivity index (χ0) is 32.8. The second-order valence-corrected chi connectivity index (χ2v) is 12.3. The third-order valence-electron chi connectivity index (χ3n) is 7.42.